The van der Waals surface area contributed by atoms with Gasteiger partial charge in [-0.2, -0.15) is 0 Å². The fraction of sp³-hybridized carbons (Fsp3) is 0.929. The van der Waals surface area contributed by atoms with E-state index in [-0.39, 0.29) is 0 Å². The van der Waals surface area contributed by atoms with Gasteiger partial charge < -0.3 is 0 Å². The summed E-state index contributed by atoms with van der Waals surface area (Å²) in [4.78, 5) is 11.7. The maximum Gasteiger partial charge on any atom is 0.133 e. The molecule has 0 heterocycles. The van der Waals surface area contributed by atoms with E-state index in [4.69, 9.17) is 0 Å². The van der Waals surface area contributed by atoms with E-state index < -0.39 is 0 Å². The van der Waals surface area contributed by atoms with Crippen molar-refractivity contribution in [1.82, 2.24) is 0 Å². The summed E-state index contributed by atoms with van der Waals surface area (Å²) in [6, 6.07) is 0. The number of hydrogen-bond donors (Lipinski definition) is 0. The Bertz CT molecular complexity index is 208. The average molecular weight is 210 g/mol. The highest BCUT2D eigenvalue weighted by molar-refractivity contribution is 5.78. The largest absolute Gasteiger partial charge is 0.300 e. The van der Waals surface area contributed by atoms with Gasteiger partial charge >= 0.3 is 0 Å². The molecule has 1 aliphatic carbocycles. The smallest absolute Gasteiger partial charge is 0.133 e. The predicted octanol–water partition coefficient (Wildman–Crippen LogP) is 4.21. The molecular weight excluding hydrogens is 184 g/mol. The maximum absolute atomic E-state index is 11.7. The lowest BCUT2D eigenvalue weighted by molar-refractivity contribution is -0.121. The third-order valence-corrected chi connectivity index (χ3v) is 3.28. The topological polar surface area (TPSA) is 17.1 Å². The number of ketones is 1. The molecule has 88 valence electrons. The molecule has 1 saturated carbocycles. The molecule has 0 amide bonds. The van der Waals surface area contributed by atoms with Crippen molar-refractivity contribution >= 4 is 5.78 Å². The van der Waals surface area contributed by atoms with E-state index in [0.29, 0.717) is 17.1 Å². The predicted molar refractivity (Wildman–Crippen MR) is 64.8 cm³/mol. The van der Waals surface area contributed by atoms with Crippen molar-refractivity contribution in [2.24, 2.45) is 17.3 Å². The lowest BCUT2D eigenvalue weighted by Gasteiger charge is -2.26. The van der Waals surface area contributed by atoms with Crippen molar-refractivity contribution in [3.63, 3.8) is 0 Å². The molecule has 1 atom stereocenters. The van der Waals surface area contributed by atoms with Crippen LogP contribution in [0.5, 0.6) is 0 Å². The Kier molecular flexibility index (Phi) is 4.36. The first-order chi connectivity index (χ1) is 6.87. The first-order valence-electron chi connectivity index (χ1n) is 6.38. The van der Waals surface area contributed by atoms with Crippen LogP contribution in [0.15, 0.2) is 0 Å². The van der Waals surface area contributed by atoms with Crippen LogP contribution in [0.3, 0.4) is 0 Å². The second kappa shape index (κ2) is 5.14. The molecule has 1 rings (SSSR count). The molecule has 15 heavy (non-hydrogen) atoms. The molecule has 1 aliphatic rings. The quantitative estimate of drug-likeness (QED) is 0.664. The second-order valence-electron chi connectivity index (χ2n) is 6.61. The van der Waals surface area contributed by atoms with Crippen LogP contribution in [0.2, 0.25) is 0 Å². The highest BCUT2D eigenvalue weighted by Crippen LogP contribution is 2.31. The SMILES string of the molecule is CC(CC(=O)CC1CCC1)CC(C)(C)C. The molecule has 0 aromatic rings. The van der Waals surface area contributed by atoms with Crippen molar-refractivity contribution in [1.29, 1.82) is 0 Å². The van der Waals surface area contributed by atoms with E-state index in [1.807, 2.05) is 0 Å². The molecule has 0 aromatic carbocycles. The zero-order valence-electron chi connectivity index (χ0n) is 10.8. The summed E-state index contributed by atoms with van der Waals surface area (Å²) in [6.45, 7) is 8.96. The van der Waals surface area contributed by atoms with Crippen LogP contribution in [0.1, 0.15) is 66.2 Å². The van der Waals surface area contributed by atoms with Crippen molar-refractivity contribution < 1.29 is 4.79 Å². The Labute approximate surface area is 94.6 Å². The van der Waals surface area contributed by atoms with Crippen LogP contribution in [-0.2, 0) is 4.79 Å². The van der Waals surface area contributed by atoms with Crippen molar-refractivity contribution in [2.75, 3.05) is 0 Å². The fourth-order valence-electron chi connectivity index (χ4n) is 2.61. The third kappa shape index (κ3) is 5.34. The molecular formula is C14H26O. The Hall–Kier alpha value is -0.330. The van der Waals surface area contributed by atoms with Gasteiger partial charge in [0.15, 0.2) is 0 Å². The summed E-state index contributed by atoms with van der Waals surface area (Å²) in [7, 11) is 0. The fourth-order valence-corrected chi connectivity index (χ4v) is 2.61. The van der Waals surface area contributed by atoms with E-state index in [9.17, 15) is 4.79 Å². The minimum Gasteiger partial charge on any atom is -0.300 e. The molecule has 0 aromatic heterocycles. The molecule has 0 N–H and O–H groups in total. The summed E-state index contributed by atoms with van der Waals surface area (Å²) in [5, 5.41) is 0. The highest BCUT2D eigenvalue weighted by Gasteiger charge is 2.23. The van der Waals surface area contributed by atoms with Crippen molar-refractivity contribution in [3.8, 4) is 0 Å². The lowest BCUT2D eigenvalue weighted by atomic mass is 9.79. The monoisotopic (exact) mass is 210 g/mol. The average Bonchev–Trinajstić information content (AvgIpc) is 1.92. The Morgan fingerprint density at radius 3 is 2.33 bits per heavy atom. The normalized spacial score (nSPS) is 19.7. The number of hydrogen-bond acceptors (Lipinski definition) is 1. The van der Waals surface area contributed by atoms with E-state index in [0.717, 1.165) is 25.2 Å². The van der Waals surface area contributed by atoms with Gasteiger partial charge in [0.2, 0.25) is 0 Å². The molecule has 0 radical (unpaired) electrons. The zero-order valence-corrected chi connectivity index (χ0v) is 10.8. The van der Waals surface area contributed by atoms with E-state index in [2.05, 4.69) is 27.7 Å². The van der Waals surface area contributed by atoms with Gasteiger partial charge in [-0.05, 0) is 23.7 Å². The van der Waals surface area contributed by atoms with Gasteiger partial charge in [0.1, 0.15) is 5.78 Å². The van der Waals surface area contributed by atoms with Gasteiger partial charge in [-0.25, -0.2) is 0 Å². The van der Waals surface area contributed by atoms with Crippen LogP contribution in [0.4, 0.5) is 0 Å². The third-order valence-electron chi connectivity index (χ3n) is 3.28. The van der Waals surface area contributed by atoms with Crippen molar-refractivity contribution in [2.45, 2.75) is 66.2 Å². The van der Waals surface area contributed by atoms with Crippen LogP contribution in [0, 0.1) is 17.3 Å². The van der Waals surface area contributed by atoms with Crippen LogP contribution in [0.25, 0.3) is 0 Å². The molecule has 0 bridgehead atoms. The lowest BCUT2D eigenvalue weighted by Crippen LogP contribution is -2.19. The van der Waals surface area contributed by atoms with Gasteiger partial charge in [0.05, 0.1) is 0 Å². The van der Waals surface area contributed by atoms with Gasteiger partial charge in [0.25, 0.3) is 0 Å². The number of carbonyl (C=O) groups excluding carboxylic acids is 1. The summed E-state index contributed by atoms with van der Waals surface area (Å²) in [5.74, 6) is 1.79. The van der Waals surface area contributed by atoms with Gasteiger partial charge in [0, 0.05) is 12.8 Å². The first-order valence-corrected chi connectivity index (χ1v) is 6.38. The molecule has 1 unspecified atom stereocenters. The Morgan fingerprint density at radius 1 is 1.33 bits per heavy atom. The van der Waals surface area contributed by atoms with Gasteiger partial charge in [-0.3, -0.25) is 4.79 Å². The van der Waals surface area contributed by atoms with Crippen LogP contribution < -0.4 is 0 Å². The maximum atomic E-state index is 11.7. The molecule has 1 fully saturated rings. The summed E-state index contributed by atoms with van der Waals surface area (Å²) in [6.07, 6.45) is 6.74. The molecule has 0 spiro atoms. The van der Waals surface area contributed by atoms with Gasteiger partial charge in [-0.15, -0.1) is 0 Å². The van der Waals surface area contributed by atoms with Crippen LogP contribution in [-0.4, -0.2) is 5.78 Å². The Balaban J connectivity index is 2.18. The molecule has 0 aliphatic heterocycles. The minimum atomic E-state index is 0.357. The standard InChI is InChI=1S/C14H26O/c1-11(10-14(2,3)4)8-13(15)9-12-6-5-7-12/h11-12H,5-10H2,1-4H3. The van der Waals surface area contributed by atoms with Crippen LogP contribution >= 0.6 is 0 Å². The second-order valence-corrected chi connectivity index (χ2v) is 6.61. The molecule has 1 heteroatoms. The summed E-state index contributed by atoms with van der Waals surface area (Å²) in [5.41, 5.74) is 0.357. The van der Waals surface area contributed by atoms with E-state index >= 15 is 0 Å². The van der Waals surface area contributed by atoms with E-state index in [1.54, 1.807) is 0 Å². The molecule has 1 nitrogen and oxygen atoms in total. The Morgan fingerprint density at radius 2 is 1.93 bits per heavy atom. The van der Waals surface area contributed by atoms with Gasteiger partial charge in [-0.1, -0.05) is 47.0 Å². The number of Topliss-reactive ketones (excluding diaryl/α,β-unsaturated/α-hetero) is 1. The van der Waals surface area contributed by atoms with E-state index in [1.165, 1.54) is 19.3 Å². The zero-order chi connectivity index (χ0) is 11.5. The van der Waals surface area contributed by atoms with Crippen molar-refractivity contribution in [3.05, 3.63) is 0 Å². The number of rotatable bonds is 5. The molecule has 0 saturated heterocycles. The summed E-state index contributed by atoms with van der Waals surface area (Å²) >= 11 is 0. The summed E-state index contributed by atoms with van der Waals surface area (Å²) < 4.78 is 0. The highest BCUT2D eigenvalue weighted by atomic mass is 16.1. The first kappa shape index (κ1) is 12.7. The minimum absolute atomic E-state index is 0.357. The number of carbonyl (C=O) groups is 1.